The molecular weight excluding hydrogens is 322 g/mol. The lowest BCUT2D eigenvalue weighted by molar-refractivity contribution is 0.329. The van der Waals surface area contributed by atoms with Crippen LogP contribution in [0.3, 0.4) is 0 Å². The maximum atomic E-state index is 12.8. The first-order chi connectivity index (χ1) is 12.1. The number of benzene rings is 2. The first kappa shape index (κ1) is 18.4. The molecule has 0 spiro atoms. The lowest BCUT2D eigenvalue weighted by atomic mass is 10.0. The van der Waals surface area contributed by atoms with Gasteiger partial charge >= 0.3 is 0 Å². The van der Waals surface area contributed by atoms with E-state index >= 15 is 0 Å². The van der Waals surface area contributed by atoms with Crippen molar-refractivity contribution < 1.29 is 19.4 Å². The Morgan fingerprint density at radius 1 is 1.08 bits per heavy atom. The van der Waals surface area contributed by atoms with Crippen LogP contribution in [0.1, 0.15) is 13.8 Å². The van der Waals surface area contributed by atoms with Crippen LogP contribution in [-0.2, 0) is 0 Å². The van der Waals surface area contributed by atoms with E-state index in [9.17, 15) is 15.0 Å². The zero-order chi connectivity index (χ0) is 18.4. The van der Waals surface area contributed by atoms with Crippen molar-refractivity contribution in [2.24, 2.45) is 5.73 Å². The van der Waals surface area contributed by atoms with Crippen molar-refractivity contribution in [2.45, 2.75) is 13.8 Å². The van der Waals surface area contributed by atoms with Crippen LogP contribution in [0.2, 0.25) is 0 Å². The van der Waals surface area contributed by atoms with Gasteiger partial charge < -0.3 is 25.1 Å². The Hall–Kier alpha value is -2.99. The fourth-order valence-electron chi connectivity index (χ4n) is 2.33. The largest absolute Gasteiger partial charge is 0.508 e. The molecular formula is C19H21NO5. The molecule has 25 heavy (non-hydrogen) atoms. The highest BCUT2D eigenvalue weighted by molar-refractivity contribution is 5.88. The predicted molar refractivity (Wildman–Crippen MR) is 97.1 cm³/mol. The third-order valence-corrected chi connectivity index (χ3v) is 3.38. The standard InChI is InChI=1S/C17H15NO5.C2H6/c18-5-6-22-14-7-12(20)8-15-16(14)17(21)13(9-23-15)10-1-3-11(19)4-2-10;1-2/h1-4,7-9,19-20H,5-6,18H2;1-2H3. The van der Waals surface area contributed by atoms with Crippen LogP contribution in [0.5, 0.6) is 17.2 Å². The van der Waals surface area contributed by atoms with Gasteiger partial charge in [-0.2, -0.15) is 0 Å². The van der Waals surface area contributed by atoms with Crippen LogP contribution >= 0.6 is 0 Å². The third kappa shape index (κ3) is 3.92. The summed E-state index contributed by atoms with van der Waals surface area (Å²) < 4.78 is 10.9. The summed E-state index contributed by atoms with van der Waals surface area (Å²) >= 11 is 0. The quantitative estimate of drug-likeness (QED) is 0.671. The van der Waals surface area contributed by atoms with E-state index < -0.39 is 0 Å². The molecule has 132 valence electrons. The molecule has 0 fully saturated rings. The summed E-state index contributed by atoms with van der Waals surface area (Å²) in [5, 5.41) is 19.3. The molecule has 0 aliphatic heterocycles. The molecule has 3 aromatic rings. The molecule has 0 atom stereocenters. The molecule has 2 aromatic carbocycles. The minimum Gasteiger partial charge on any atom is -0.508 e. The Kier molecular flexibility index (Phi) is 6.03. The number of hydrogen-bond donors (Lipinski definition) is 3. The van der Waals surface area contributed by atoms with Crippen molar-refractivity contribution >= 4 is 11.0 Å². The second-order valence-electron chi connectivity index (χ2n) is 4.98. The highest BCUT2D eigenvalue weighted by Crippen LogP contribution is 2.30. The summed E-state index contributed by atoms with van der Waals surface area (Å²) in [6.07, 6.45) is 1.32. The fraction of sp³-hybridized carbons (Fsp3) is 0.211. The summed E-state index contributed by atoms with van der Waals surface area (Å²) in [6.45, 7) is 4.49. The smallest absolute Gasteiger partial charge is 0.204 e. The average Bonchev–Trinajstić information content (AvgIpc) is 2.62. The molecule has 1 heterocycles. The summed E-state index contributed by atoms with van der Waals surface area (Å²) in [6, 6.07) is 8.92. The maximum absolute atomic E-state index is 12.8. The van der Waals surface area contributed by atoms with Crippen LogP contribution < -0.4 is 15.9 Å². The van der Waals surface area contributed by atoms with Gasteiger partial charge in [0.05, 0.1) is 5.56 Å². The Bertz CT molecular complexity index is 900. The normalized spacial score (nSPS) is 10.2. The molecule has 0 saturated heterocycles. The van der Waals surface area contributed by atoms with Gasteiger partial charge in [-0.1, -0.05) is 26.0 Å². The van der Waals surface area contributed by atoms with Gasteiger partial charge in [-0.15, -0.1) is 0 Å². The minimum atomic E-state index is -0.288. The summed E-state index contributed by atoms with van der Waals surface area (Å²) in [7, 11) is 0. The van der Waals surface area contributed by atoms with Crippen LogP contribution in [0.25, 0.3) is 22.1 Å². The van der Waals surface area contributed by atoms with Crippen molar-refractivity contribution in [1.29, 1.82) is 0 Å². The van der Waals surface area contributed by atoms with Gasteiger partial charge in [-0.25, -0.2) is 0 Å². The van der Waals surface area contributed by atoms with E-state index in [1.54, 1.807) is 12.1 Å². The molecule has 0 aliphatic carbocycles. The highest BCUT2D eigenvalue weighted by Gasteiger charge is 2.15. The minimum absolute atomic E-state index is 0.0648. The van der Waals surface area contributed by atoms with Crippen molar-refractivity contribution in [3.05, 3.63) is 52.9 Å². The van der Waals surface area contributed by atoms with E-state index in [1.807, 2.05) is 13.8 Å². The number of aromatic hydroxyl groups is 2. The molecule has 1 aromatic heterocycles. The molecule has 4 N–H and O–H groups in total. The summed E-state index contributed by atoms with van der Waals surface area (Å²) in [5.41, 5.74) is 6.30. The molecule has 3 rings (SSSR count). The lowest BCUT2D eigenvalue weighted by Gasteiger charge is -2.09. The van der Waals surface area contributed by atoms with E-state index in [0.717, 1.165) is 0 Å². The van der Waals surface area contributed by atoms with Gasteiger partial charge in [0.2, 0.25) is 5.43 Å². The predicted octanol–water partition coefficient (Wildman–Crippen LogP) is 3.23. The van der Waals surface area contributed by atoms with Crippen LogP contribution in [-0.4, -0.2) is 23.4 Å². The van der Waals surface area contributed by atoms with E-state index in [-0.39, 0.29) is 46.8 Å². The molecule has 0 radical (unpaired) electrons. The topological polar surface area (TPSA) is 106 Å². The Labute approximate surface area is 145 Å². The van der Waals surface area contributed by atoms with E-state index in [1.165, 1.54) is 30.5 Å². The second-order valence-corrected chi connectivity index (χ2v) is 4.98. The van der Waals surface area contributed by atoms with Crippen molar-refractivity contribution in [2.75, 3.05) is 13.2 Å². The summed E-state index contributed by atoms with van der Waals surface area (Å²) in [5.74, 6) is 0.265. The summed E-state index contributed by atoms with van der Waals surface area (Å²) in [4.78, 5) is 12.8. The number of phenols is 2. The monoisotopic (exact) mass is 343 g/mol. The third-order valence-electron chi connectivity index (χ3n) is 3.38. The van der Waals surface area contributed by atoms with Gasteiger partial charge in [0, 0.05) is 18.7 Å². The number of nitrogens with two attached hydrogens (primary N) is 1. The Balaban J connectivity index is 0.00000109. The number of rotatable bonds is 4. The van der Waals surface area contributed by atoms with Gasteiger partial charge in [-0.3, -0.25) is 4.79 Å². The van der Waals surface area contributed by atoms with Crippen LogP contribution in [0.15, 0.2) is 51.9 Å². The first-order valence-corrected chi connectivity index (χ1v) is 8.01. The lowest BCUT2D eigenvalue weighted by Crippen LogP contribution is -2.13. The van der Waals surface area contributed by atoms with Crippen molar-refractivity contribution in [3.63, 3.8) is 0 Å². The SMILES string of the molecule is CC.NCCOc1cc(O)cc2occ(-c3ccc(O)cc3)c(=O)c12. The number of phenolic OH excluding ortho intramolecular Hbond substituents is 2. The molecule has 0 saturated carbocycles. The molecule has 0 unspecified atom stereocenters. The second kappa shape index (κ2) is 8.21. The molecule has 6 heteroatoms. The average molecular weight is 343 g/mol. The Morgan fingerprint density at radius 2 is 1.76 bits per heavy atom. The fourth-order valence-corrected chi connectivity index (χ4v) is 2.33. The van der Waals surface area contributed by atoms with Gasteiger partial charge in [-0.05, 0) is 17.7 Å². The van der Waals surface area contributed by atoms with E-state index in [0.29, 0.717) is 11.1 Å². The van der Waals surface area contributed by atoms with Gasteiger partial charge in [0.15, 0.2) is 0 Å². The zero-order valence-electron chi connectivity index (χ0n) is 14.2. The molecule has 0 aliphatic rings. The zero-order valence-corrected chi connectivity index (χ0v) is 14.2. The van der Waals surface area contributed by atoms with Crippen molar-refractivity contribution in [1.82, 2.24) is 0 Å². The van der Waals surface area contributed by atoms with Crippen LogP contribution in [0.4, 0.5) is 0 Å². The Morgan fingerprint density at radius 3 is 2.40 bits per heavy atom. The highest BCUT2D eigenvalue weighted by atomic mass is 16.5. The number of ether oxygens (including phenoxy) is 1. The molecule has 0 bridgehead atoms. The van der Waals surface area contributed by atoms with E-state index in [2.05, 4.69) is 0 Å². The van der Waals surface area contributed by atoms with Crippen molar-refractivity contribution in [3.8, 4) is 28.4 Å². The molecule has 0 amide bonds. The van der Waals surface area contributed by atoms with Crippen LogP contribution in [0, 0.1) is 0 Å². The molecule has 6 nitrogen and oxygen atoms in total. The number of hydrogen-bond acceptors (Lipinski definition) is 6. The van der Waals surface area contributed by atoms with E-state index in [4.69, 9.17) is 14.9 Å². The number of fused-ring (bicyclic) bond motifs is 1. The maximum Gasteiger partial charge on any atom is 0.204 e. The first-order valence-electron chi connectivity index (χ1n) is 8.01. The van der Waals surface area contributed by atoms with Gasteiger partial charge in [0.1, 0.15) is 41.1 Å². The van der Waals surface area contributed by atoms with Gasteiger partial charge in [0.25, 0.3) is 0 Å².